The van der Waals surface area contributed by atoms with Gasteiger partial charge < -0.3 is 15.7 Å². The lowest BCUT2D eigenvalue weighted by atomic mass is 9.97. The molecule has 0 saturated heterocycles. The molecule has 2 rings (SSSR count). The number of carbonyl (C=O) groups excluding carboxylic acids is 1. The van der Waals surface area contributed by atoms with Crippen molar-refractivity contribution >= 4 is 11.7 Å². The first-order valence-electron chi connectivity index (χ1n) is 7.71. The number of aliphatic hydroxyl groups is 1. The van der Waals surface area contributed by atoms with E-state index in [1.165, 1.54) is 6.07 Å². The summed E-state index contributed by atoms with van der Waals surface area (Å²) in [5, 5.41) is 26.1. The summed E-state index contributed by atoms with van der Waals surface area (Å²) in [4.78, 5) is 22.7. The normalized spacial score (nSPS) is 17.9. The number of carbonyl (C=O) groups is 1. The van der Waals surface area contributed by atoms with Crippen LogP contribution in [-0.4, -0.2) is 28.2 Å². The van der Waals surface area contributed by atoms with Crippen LogP contribution in [0.15, 0.2) is 18.2 Å². The predicted molar refractivity (Wildman–Crippen MR) is 86.1 cm³/mol. The van der Waals surface area contributed by atoms with Crippen LogP contribution >= 0.6 is 0 Å². The minimum atomic E-state index is -0.622. The molecule has 2 atom stereocenters. The SMILES string of the molecule is Cc1ccc(C(C)NC(=O)NC(C)(CO)C2CC2)cc1[N+](=O)[O-]. The number of aliphatic hydroxyl groups excluding tert-OH is 1. The number of aryl methyl sites for hydroxylation is 1. The van der Waals surface area contributed by atoms with E-state index in [-0.39, 0.29) is 24.4 Å². The van der Waals surface area contributed by atoms with E-state index in [0.717, 1.165) is 12.8 Å². The number of nitro groups is 1. The molecule has 0 spiro atoms. The van der Waals surface area contributed by atoms with Crippen molar-refractivity contribution in [2.24, 2.45) is 5.92 Å². The average Bonchev–Trinajstić information content (AvgIpc) is 3.31. The van der Waals surface area contributed by atoms with Crippen LogP contribution in [0.5, 0.6) is 0 Å². The number of hydrogen-bond donors (Lipinski definition) is 3. The molecule has 0 aliphatic heterocycles. The Kier molecular flexibility index (Phi) is 4.89. The van der Waals surface area contributed by atoms with Gasteiger partial charge in [0.05, 0.1) is 23.1 Å². The summed E-state index contributed by atoms with van der Waals surface area (Å²) >= 11 is 0. The van der Waals surface area contributed by atoms with Crippen molar-refractivity contribution in [3.8, 4) is 0 Å². The lowest BCUT2D eigenvalue weighted by Crippen LogP contribution is -2.54. The van der Waals surface area contributed by atoms with E-state index in [1.54, 1.807) is 26.0 Å². The number of nitrogens with zero attached hydrogens (tertiary/aromatic N) is 1. The van der Waals surface area contributed by atoms with Gasteiger partial charge in [-0.15, -0.1) is 0 Å². The molecule has 2 unspecified atom stereocenters. The second kappa shape index (κ2) is 6.54. The fraction of sp³-hybridized carbons (Fsp3) is 0.562. The van der Waals surface area contributed by atoms with Gasteiger partial charge in [0.15, 0.2) is 0 Å². The summed E-state index contributed by atoms with van der Waals surface area (Å²) in [5.41, 5.74) is 0.657. The molecule has 1 fully saturated rings. The minimum absolute atomic E-state index is 0.0368. The van der Waals surface area contributed by atoms with Crippen molar-refractivity contribution < 1.29 is 14.8 Å². The van der Waals surface area contributed by atoms with E-state index in [2.05, 4.69) is 10.6 Å². The molecule has 0 radical (unpaired) electrons. The van der Waals surface area contributed by atoms with Gasteiger partial charge in [0.2, 0.25) is 0 Å². The maximum absolute atomic E-state index is 12.2. The number of benzene rings is 1. The van der Waals surface area contributed by atoms with Crippen LogP contribution < -0.4 is 10.6 Å². The van der Waals surface area contributed by atoms with E-state index in [1.807, 2.05) is 6.92 Å². The predicted octanol–water partition coefficient (Wildman–Crippen LogP) is 2.42. The largest absolute Gasteiger partial charge is 0.394 e. The highest BCUT2D eigenvalue weighted by Crippen LogP contribution is 2.39. The van der Waals surface area contributed by atoms with Gasteiger partial charge in [-0.2, -0.15) is 0 Å². The molecule has 1 saturated carbocycles. The molecule has 1 aliphatic carbocycles. The van der Waals surface area contributed by atoms with Gasteiger partial charge in [-0.1, -0.05) is 12.1 Å². The molecule has 1 aromatic rings. The summed E-state index contributed by atoms with van der Waals surface area (Å²) in [6, 6.07) is 4.15. The zero-order chi connectivity index (χ0) is 17.2. The smallest absolute Gasteiger partial charge is 0.315 e. The molecule has 2 amide bonds. The van der Waals surface area contributed by atoms with Crippen molar-refractivity contribution in [3.63, 3.8) is 0 Å². The van der Waals surface area contributed by atoms with Gasteiger partial charge >= 0.3 is 6.03 Å². The van der Waals surface area contributed by atoms with Gasteiger partial charge in [0.25, 0.3) is 5.69 Å². The first-order valence-corrected chi connectivity index (χ1v) is 7.71. The van der Waals surface area contributed by atoms with Gasteiger partial charge in [0.1, 0.15) is 0 Å². The molecule has 7 nitrogen and oxygen atoms in total. The first-order chi connectivity index (χ1) is 10.8. The Balaban J connectivity index is 2.03. The topological polar surface area (TPSA) is 104 Å². The zero-order valence-corrected chi connectivity index (χ0v) is 13.6. The Morgan fingerprint density at radius 3 is 2.70 bits per heavy atom. The van der Waals surface area contributed by atoms with Crippen molar-refractivity contribution in [2.45, 2.75) is 45.2 Å². The van der Waals surface area contributed by atoms with Crippen molar-refractivity contribution in [2.75, 3.05) is 6.61 Å². The molecule has 1 aromatic carbocycles. The summed E-state index contributed by atoms with van der Waals surface area (Å²) in [6.45, 7) is 5.15. The highest BCUT2D eigenvalue weighted by atomic mass is 16.6. The molecule has 0 aromatic heterocycles. The number of hydrogen-bond acceptors (Lipinski definition) is 4. The van der Waals surface area contributed by atoms with E-state index in [4.69, 9.17) is 0 Å². The number of nitro benzene ring substituents is 1. The third kappa shape index (κ3) is 3.98. The standard InChI is InChI=1S/C16H23N3O4/c1-10-4-5-12(8-14(10)19(22)23)11(2)17-15(21)18-16(3,9-20)13-6-7-13/h4-5,8,11,13,20H,6-7,9H2,1-3H3,(H2,17,18,21). The fourth-order valence-electron chi connectivity index (χ4n) is 2.66. The van der Waals surface area contributed by atoms with E-state index in [9.17, 15) is 20.0 Å². The molecule has 126 valence electrons. The second-order valence-electron chi connectivity index (χ2n) is 6.47. The highest BCUT2D eigenvalue weighted by Gasteiger charge is 2.42. The Bertz CT molecular complexity index is 615. The van der Waals surface area contributed by atoms with E-state index >= 15 is 0 Å². The maximum Gasteiger partial charge on any atom is 0.315 e. The Labute approximate surface area is 135 Å². The number of amides is 2. The quantitative estimate of drug-likeness (QED) is 0.553. The van der Waals surface area contributed by atoms with E-state index in [0.29, 0.717) is 17.0 Å². The van der Waals surface area contributed by atoms with Gasteiger partial charge in [-0.3, -0.25) is 10.1 Å². The van der Waals surface area contributed by atoms with Gasteiger partial charge in [0, 0.05) is 11.6 Å². The van der Waals surface area contributed by atoms with Crippen LogP contribution in [0.4, 0.5) is 10.5 Å². The van der Waals surface area contributed by atoms with Gasteiger partial charge in [-0.05, 0) is 45.1 Å². The maximum atomic E-state index is 12.2. The highest BCUT2D eigenvalue weighted by molar-refractivity contribution is 5.75. The zero-order valence-electron chi connectivity index (χ0n) is 13.6. The molecule has 3 N–H and O–H groups in total. The van der Waals surface area contributed by atoms with Crippen molar-refractivity contribution in [1.29, 1.82) is 0 Å². The third-order valence-corrected chi connectivity index (χ3v) is 4.48. The van der Waals surface area contributed by atoms with Crippen LogP contribution in [0.1, 0.15) is 43.9 Å². The monoisotopic (exact) mass is 321 g/mol. The Morgan fingerprint density at radius 1 is 1.52 bits per heavy atom. The molecule has 0 heterocycles. The molecular weight excluding hydrogens is 298 g/mol. The van der Waals surface area contributed by atoms with Crippen molar-refractivity contribution in [1.82, 2.24) is 10.6 Å². The summed E-state index contributed by atoms with van der Waals surface area (Å²) in [6.07, 6.45) is 1.99. The van der Waals surface area contributed by atoms with Crippen LogP contribution in [0.3, 0.4) is 0 Å². The summed E-state index contributed by atoms with van der Waals surface area (Å²) in [7, 11) is 0. The fourth-order valence-corrected chi connectivity index (χ4v) is 2.66. The first kappa shape index (κ1) is 17.2. The molecule has 1 aliphatic rings. The molecule has 23 heavy (non-hydrogen) atoms. The molecular formula is C16H23N3O4. The van der Waals surface area contributed by atoms with Crippen molar-refractivity contribution in [3.05, 3.63) is 39.4 Å². The summed E-state index contributed by atoms with van der Waals surface area (Å²) in [5.74, 6) is 0.300. The van der Waals surface area contributed by atoms with Crippen LogP contribution in [0, 0.1) is 23.0 Å². The number of nitrogens with one attached hydrogen (secondary N) is 2. The van der Waals surface area contributed by atoms with Crippen LogP contribution in [-0.2, 0) is 0 Å². The minimum Gasteiger partial charge on any atom is -0.394 e. The molecule has 7 heteroatoms. The molecule has 0 bridgehead atoms. The second-order valence-corrected chi connectivity index (χ2v) is 6.47. The number of rotatable bonds is 6. The Morgan fingerprint density at radius 2 is 2.17 bits per heavy atom. The van der Waals surface area contributed by atoms with E-state index < -0.39 is 10.5 Å². The van der Waals surface area contributed by atoms with Crippen LogP contribution in [0.25, 0.3) is 0 Å². The average molecular weight is 321 g/mol. The Hall–Kier alpha value is -2.15. The lowest BCUT2D eigenvalue weighted by molar-refractivity contribution is -0.385. The van der Waals surface area contributed by atoms with Crippen LogP contribution in [0.2, 0.25) is 0 Å². The number of urea groups is 1. The third-order valence-electron chi connectivity index (χ3n) is 4.48. The van der Waals surface area contributed by atoms with Gasteiger partial charge in [-0.25, -0.2) is 4.79 Å². The summed E-state index contributed by atoms with van der Waals surface area (Å²) < 4.78 is 0. The lowest BCUT2D eigenvalue weighted by Gasteiger charge is -2.29.